The van der Waals surface area contributed by atoms with Gasteiger partial charge in [0.1, 0.15) is 0 Å². The maximum absolute atomic E-state index is 8.88. The predicted molar refractivity (Wildman–Crippen MR) is 14.3 cm³/mol. The molecule has 7 heteroatoms. The summed E-state index contributed by atoms with van der Waals surface area (Å²) in [6, 6.07) is 0. The van der Waals surface area contributed by atoms with Crippen LogP contribution < -0.4 is 35.8 Å². The molecule has 0 spiro atoms. The minimum Gasteiger partial charge on any atom is -1.00 e. The Kier molecular flexibility index (Phi) is 12.0. The van der Waals surface area contributed by atoms with Crippen molar-refractivity contribution in [3.05, 3.63) is 0 Å². The van der Waals surface area contributed by atoms with Crippen LogP contribution >= 0.6 is 7.82 Å². The normalized spacial score (nSPS) is 8.43. The molecule has 40 valence electrons. The average molecular weight is 185 g/mol. The first-order valence-corrected chi connectivity index (χ1v) is 2.35. The first-order chi connectivity index (χ1) is 2.00. The second kappa shape index (κ2) is 5.33. The Morgan fingerprint density at radius 3 is 1.14 bits per heavy atom. The molecule has 0 aromatic heterocycles. The topological polar surface area (TPSA) is 77.8 Å². The zero-order chi connectivity index (χ0) is 4.50. The molecule has 0 aromatic rings. The van der Waals surface area contributed by atoms with Crippen LogP contribution in [-0.4, -0.2) is 14.7 Å². The van der Waals surface area contributed by atoms with Crippen LogP contribution in [0.15, 0.2) is 0 Å². The van der Waals surface area contributed by atoms with Gasteiger partial charge in [0.25, 0.3) is 0 Å². The third kappa shape index (κ3) is 137. The first kappa shape index (κ1) is 15.7. The van der Waals surface area contributed by atoms with Gasteiger partial charge in [-0.1, -0.05) is 0 Å². The van der Waals surface area contributed by atoms with E-state index in [0.717, 1.165) is 0 Å². The molecule has 0 aliphatic carbocycles. The summed E-state index contributed by atoms with van der Waals surface area (Å²) in [4.78, 5) is 21.6. The molecule has 0 aliphatic rings. The van der Waals surface area contributed by atoms with Crippen molar-refractivity contribution in [1.82, 2.24) is 0 Å². The van der Waals surface area contributed by atoms with E-state index in [1.54, 1.807) is 0 Å². The van der Waals surface area contributed by atoms with Crippen LogP contribution in [0, 0.1) is 0 Å². The molecule has 0 atom stereocenters. The van der Waals surface area contributed by atoms with E-state index in [4.69, 9.17) is 19.2 Å². The van der Waals surface area contributed by atoms with Crippen molar-refractivity contribution in [2.24, 2.45) is 0 Å². The van der Waals surface area contributed by atoms with Crippen LogP contribution in [0.1, 0.15) is 0 Å². The van der Waals surface area contributed by atoms with Crippen LogP contribution in [0.2, 0.25) is 0 Å². The van der Waals surface area contributed by atoms with E-state index in [2.05, 4.69) is 0 Å². The fraction of sp³-hybridized carbons (Fsp3) is 0. The Morgan fingerprint density at radius 2 is 1.14 bits per heavy atom. The van der Waals surface area contributed by atoms with Crippen molar-refractivity contribution in [2.45, 2.75) is 0 Å². The van der Waals surface area contributed by atoms with E-state index >= 15 is 0 Å². The molecule has 3 N–H and O–H groups in total. The Bertz CT molecular complexity index is 57.8. The average Bonchev–Trinajstić information content (AvgIpc) is 0.722. The molecular formula is H3BrLiO4P. The van der Waals surface area contributed by atoms with Gasteiger partial charge < -0.3 is 31.7 Å². The standard InChI is InChI=1S/BrH.Li.H3O4P/c;;1-5(2,3)4/h1H;;(H3,1,2,3,4)/q;+1;/p-1. The van der Waals surface area contributed by atoms with Crippen molar-refractivity contribution < 1.29 is 55.1 Å². The molecule has 0 fully saturated rings. The van der Waals surface area contributed by atoms with Crippen LogP contribution in [0.4, 0.5) is 0 Å². The summed E-state index contributed by atoms with van der Waals surface area (Å²) < 4.78 is 8.88. The number of hydrogen-bond acceptors (Lipinski definition) is 1. The molecule has 0 aliphatic heterocycles. The Hall–Kier alpha value is 1.19. The molecule has 0 amide bonds. The zero-order valence-electron chi connectivity index (χ0n) is 3.58. The largest absolute Gasteiger partial charge is 1.00 e. The first-order valence-electron chi connectivity index (χ1n) is 0.783. The van der Waals surface area contributed by atoms with E-state index < -0.39 is 7.82 Å². The summed E-state index contributed by atoms with van der Waals surface area (Å²) in [7, 11) is -4.64. The van der Waals surface area contributed by atoms with E-state index in [1.807, 2.05) is 0 Å². The number of halogens is 1. The number of phosphoric acid groups is 1. The van der Waals surface area contributed by atoms with Crippen molar-refractivity contribution in [3.8, 4) is 0 Å². The number of hydrogen-bond donors (Lipinski definition) is 3. The summed E-state index contributed by atoms with van der Waals surface area (Å²) in [5.41, 5.74) is 0. The second-order valence-corrected chi connectivity index (χ2v) is 1.54. The quantitative estimate of drug-likeness (QED) is 0.259. The van der Waals surface area contributed by atoms with Gasteiger partial charge in [0.15, 0.2) is 0 Å². The van der Waals surface area contributed by atoms with E-state index in [9.17, 15) is 0 Å². The van der Waals surface area contributed by atoms with Crippen molar-refractivity contribution in [2.75, 3.05) is 0 Å². The van der Waals surface area contributed by atoms with Gasteiger partial charge in [-0.2, -0.15) is 0 Å². The molecule has 0 unspecified atom stereocenters. The van der Waals surface area contributed by atoms with Crippen LogP contribution in [0.3, 0.4) is 0 Å². The third-order valence-electron chi connectivity index (χ3n) is 0. The summed E-state index contributed by atoms with van der Waals surface area (Å²) in [6.07, 6.45) is 0. The van der Waals surface area contributed by atoms with Gasteiger partial charge in [0, 0.05) is 0 Å². The molecule has 0 saturated heterocycles. The monoisotopic (exact) mass is 184 g/mol. The van der Waals surface area contributed by atoms with E-state index in [-0.39, 0.29) is 35.8 Å². The second-order valence-electron chi connectivity index (χ2n) is 0.513. The smallest absolute Gasteiger partial charge is 1.00 e. The Labute approximate surface area is 63.1 Å². The molecule has 0 heterocycles. The fourth-order valence-corrected chi connectivity index (χ4v) is 0. The molecule has 0 saturated carbocycles. The van der Waals surface area contributed by atoms with Gasteiger partial charge in [-0.3, -0.25) is 0 Å². The van der Waals surface area contributed by atoms with Gasteiger partial charge in [0.2, 0.25) is 0 Å². The SMILES string of the molecule is O=P(O)(O)O.[Br-].[Li+]. The Balaban J connectivity index is -0.0000000800. The van der Waals surface area contributed by atoms with Crippen molar-refractivity contribution in [3.63, 3.8) is 0 Å². The number of rotatable bonds is 0. The summed E-state index contributed by atoms with van der Waals surface area (Å²) in [6.45, 7) is 0. The minimum absolute atomic E-state index is 0. The maximum Gasteiger partial charge on any atom is 1.00 e. The predicted octanol–water partition coefficient (Wildman–Crippen LogP) is -6.92. The Morgan fingerprint density at radius 1 is 1.14 bits per heavy atom. The van der Waals surface area contributed by atoms with Gasteiger partial charge >= 0.3 is 26.7 Å². The fourth-order valence-electron chi connectivity index (χ4n) is 0. The third-order valence-corrected chi connectivity index (χ3v) is 0. The van der Waals surface area contributed by atoms with E-state index in [0.29, 0.717) is 0 Å². The van der Waals surface area contributed by atoms with Crippen LogP contribution in [-0.2, 0) is 4.57 Å². The van der Waals surface area contributed by atoms with Crippen molar-refractivity contribution >= 4 is 7.82 Å². The van der Waals surface area contributed by atoms with Gasteiger partial charge in [-0.25, -0.2) is 4.57 Å². The van der Waals surface area contributed by atoms with Gasteiger partial charge in [-0.05, 0) is 0 Å². The maximum atomic E-state index is 8.88. The van der Waals surface area contributed by atoms with Gasteiger partial charge in [0.05, 0.1) is 0 Å². The molecular weight excluding hydrogens is 182 g/mol. The molecule has 7 heavy (non-hydrogen) atoms. The summed E-state index contributed by atoms with van der Waals surface area (Å²) >= 11 is 0. The molecule has 0 aromatic carbocycles. The van der Waals surface area contributed by atoms with Crippen LogP contribution in [0.5, 0.6) is 0 Å². The zero-order valence-corrected chi connectivity index (χ0v) is 6.06. The van der Waals surface area contributed by atoms with E-state index in [1.165, 1.54) is 0 Å². The molecule has 0 radical (unpaired) electrons. The minimum atomic E-state index is -4.64. The summed E-state index contributed by atoms with van der Waals surface area (Å²) in [5, 5.41) is 0. The van der Waals surface area contributed by atoms with Crippen molar-refractivity contribution in [1.29, 1.82) is 0 Å². The van der Waals surface area contributed by atoms with Gasteiger partial charge in [-0.15, -0.1) is 0 Å². The van der Waals surface area contributed by atoms with Crippen LogP contribution in [0.25, 0.3) is 0 Å². The summed E-state index contributed by atoms with van der Waals surface area (Å²) in [5.74, 6) is 0. The molecule has 0 rings (SSSR count). The molecule has 4 nitrogen and oxygen atoms in total. The molecule has 0 bridgehead atoms.